The van der Waals surface area contributed by atoms with Gasteiger partial charge in [0.15, 0.2) is 0 Å². The van der Waals surface area contributed by atoms with E-state index >= 15 is 0 Å². The molecule has 1 N–H and O–H groups in total. The number of thioether (sulfide) groups is 1. The second-order valence-corrected chi connectivity index (χ2v) is 5.87. The first-order valence-electron chi connectivity index (χ1n) is 6.21. The zero-order valence-corrected chi connectivity index (χ0v) is 10.3. The Morgan fingerprint density at radius 3 is 3.25 bits per heavy atom. The average Bonchev–Trinajstić information content (AvgIpc) is 2.74. The highest BCUT2D eigenvalue weighted by molar-refractivity contribution is 7.99. The lowest BCUT2D eigenvalue weighted by molar-refractivity contribution is 0.426. The normalized spacial score (nSPS) is 29.0. The number of hydrogen-bond donors (Lipinski definition) is 1. The second kappa shape index (κ2) is 4.76. The summed E-state index contributed by atoms with van der Waals surface area (Å²) in [6.45, 7) is 0. The van der Waals surface area contributed by atoms with Crippen molar-refractivity contribution in [3.05, 3.63) is 29.6 Å². The maximum absolute atomic E-state index is 4.54. The van der Waals surface area contributed by atoms with E-state index in [0.29, 0.717) is 12.1 Å². The van der Waals surface area contributed by atoms with Crippen LogP contribution >= 0.6 is 11.8 Å². The smallest absolute Gasteiger partial charge is 0.0605 e. The van der Waals surface area contributed by atoms with E-state index in [0.717, 1.165) is 0 Å². The lowest BCUT2D eigenvalue weighted by Gasteiger charge is -2.26. The number of pyridine rings is 1. The molecule has 1 aliphatic carbocycles. The molecule has 2 atom stereocenters. The molecule has 1 saturated heterocycles. The molecule has 16 heavy (non-hydrogen) atoms. The van der Waals surface area contributed by atoms with Gasteiger partial charge in [-0.3, -0.25) is 4.98 Å². The number of nitrogens with one attached hydrogen (secondary N) is 1. The summed E-state index contributed by atoms with van der Waals surface area (Å²) in [5, 5.41) is 3.79. The topological polar surface area (TPSA) is 24.9 Å². The minimum Gasteiger partial charge on any atom is -0.305 e. The summed E-state index contributed by atoms with van der Waals surface area (Å²) in [4.78, 5) is 4.54. The summed E-state index contributed by atoms with van der Waals surface area (Å²) in [6, 6.07) is 5.49. The Morgan fingerprint density at radius 1 is 1.38 bits per heavy atom. The summed E-state index contributed by atoms with van der Waals surface area (Å²) in [6.07, 6.45) is 7.05. The molecule has 1 fully saturated rings. The summed E-state index contributed by atoms with van der Waals surface area (Å²) in [5.41, 5.74) is 2.75. The fourth-order valence-electron chi connectivity index (χ4n) is 2.73. The summed E-state index contributed by atoms with van der Waals surface area (Å²) in [5.74, 6) is 2.62. The number of aryl methyl sites for hydroxylation is 1. The van der Waals surface area contributed by atoms with Crippen LogP contribution < -0.4 is 5.32 Å². The quantitative estimate of drug-likeness (QED) is 0.851. The van der Waals surface area contributed by atoms with E-state index < -0.39 is 0 Å². The Hall–Kier alpha value is -0.540. The van der Waals surface area contributed by atoms with Gasteiger partial charge in [-0.25, -0.2) is 0 Å². The fourth-order valence-corrected chi connectivity index (χ4v) is 3.82. The van der Waals surface area contributed by atoms with Crippen LogP contribution in [-0.4, -0.2) is 22.5 Å². The average molecular weight is 234 g/mol. The van der Waals surface area contributed by atoms with Crippen LogP contribution in [0.5, 0.6) is 0 Å². The van der Waals surface area contributed by atoms with E-state index in [1.54, 1.807) is 0 Å². The van der Waals surface area contributed by atoms with Crippen LogP contribution in [0.3, 0.4) is 0 Å². The number of nitrogens with zero attached hydrogens (tertiary/aromatic N) is 1. The lowest BCUT2D eigenvalue weighted by Crippen LogP contribution is -2.36. The van der Waals surface area contributed by atoms with Crippen LogP contribution in [-0.2, 0) is 6.42 Å². The third-order valence-electron chi connectivity index (χ3n) is 3.56. The molecule has 2 heterocycles. The Labute approximate surface area is 101 Å². The second-order valence-electron chi connectivity index (χ2n) is 4.72. The van der Waals surface area contributed by atoms with Gasteiger partial charge in [0, 0.05) is 18.0 Å². The highest BCUT2D eigenvalue weighted by atomic mass is 32.2. The first-order chi connectivity index (χ1) is 7.93. The number of fused-ring (bicyclic) bond motifs is 1. The molecular weight excluding hydrogens is 216 g/mol. The third kappa shape index (κ3) is 2.11. The molecule has 1 aliphatic heterocycles. The zero-order chi connectivity index (χ0) is 10.8. The van der Waals surface area contributed by atoms with E-state index in [-0.39, 0.29) is 0 Å². The maximum Gasteiger partial charge on any atom is 0.0605 e. The van der Waals surface area contributed by atoms with Crippen molar-refractivity contribution in [2.45, 2.75) is 37.8 Å². The fraction of sp³-hybridized carbons (Fsp3) is 0.615. The van der Waals surface area contributed by atoms with Gasteiger partial charge in [-0.2, -0.15) is 11.8 Å². The van der Waals surface area contributed by atoms with Crippen molar-refractivity contribution in [1.82, 2.24) is 10.3 Å². The standard InChI is InChI=1S/C13H18N2S/c1-3-10-5-6-12(13(10)14-7-1)15-11-4-2-8-16-9-11/h1,3,7,11-12,15H,2,4-6,8-9H2. The van der Waals surface area contributed by atoms with Gasteiger partial charge >= 0.3 is 0 Å². The van der Waals surface area contributed by atoms with E-state index in [4.69, 9.17) is 0 Å². The Bertz CT molecular complexity index is 361. The van der Waals surface area contributed by atoms with Crippen molar-refractivity contribution < 1.29 is 0 Å². The minimum atomic E-state index is 0.514. The zero-order valence-electron chi connectivity index (χ0n) is 9.48. The summed E-state index contributed by atoms with van der Waals surface area (Å²) < 4.78 is 0. The highest BCUT2D eigenvalue weighted by Crippen LogP contribution is 2.30. The first kappa shape index (κ1) is 10.6. The molecule has 3 rings (SSSR count). The van der Waals surface area contributed by atoms with Crippen molar-refractivity contribution in [2.75, 3.05) is 11.5 Å². The van der Waals surface area contributed by atoms with Crippen molar-refractivity contribution in [3.63, 3.8) is 0 Å². The van der Waals surface area contributed by atoms with Gasteiger partial charge in [0.2, 0.25) is 0 Å². The third-order valence-corrected chi connectivity index (χ3v) is 4.77. The predicted molar refractivity (Wildman–Crippen MR) is 68.8 cm³/mol. The Balaban J connectivity index is 1.68. The molecule has 86 valence electrons. The maximum atomic E-state index is 4.54. The Kier molecular flexibility index (Phi) is 3.15. The van der Waals surface area contributed by atoms with Crippen LogP contribution in [0.2, 0.25) is 0 Å². The van der Waals surface area contributed by atoms with Gasteiger partial charge in [0.05, 0.1) is 11.7 Å². The van der Waals surface area contributed by atoms with Crippen molar-refractivity contribution in [2.24, 2.45) is 0 Å². The Morgan fingerprint density at radius 2 is 2.38 bits per heavy atom. The molecule has 1 aromatic heterocycles. The molecule has 2 aliphatic rings. The van der Waals surface area contributed by atoms with Gasteiger partial charge in [-0.15, -0.1) is 0 Å². The predicted octanol–water partition coefficient (Wildman–Crippen LogP) is 2.55. The molecule has 0 bridgehead atoms. The van der Waals surface area contributed by atoms with Crippen LogP contribution in [0.4, 0.5) is 0 Å². The van der Waals surface area contributed by atoms with Crippen LogP contribution in [0.25, 0.3) is 0 Å². The molecule has 0 amide bonds. The molecule has 2 unspecified atom stereocenters. The minimum absolute atomic E-state index is 0.514. The lowest BCUT2D eigenvalue weighted by atomic mass is 10.1. The highest BCUT2D eigenvalue weighted by Gasteiger charge is 2.26. The van der Waals surface area contributed by atoms with Gasteiger partial charge in [0.25, 0.3) is 0 Å². The summed E-state index contributed by atoms with van der Waals surface area (Å²) >= 11 is 2.08. The first-order valence-corrected chi connectivity index (χ1v) is 7.36. The molecule has 0 radical (unpaired) electrons. The summed E-state index contributed by atoms with van der Waals surface area (Å²) in [7, 11) is 0. The van der Waals surface area contributed by atoms with Crippen LogP contribution in [0.15, 0.2) is 18.3 Å². The molecule has 3 heteroatoms. The number of aromatic nitrogens is 1. The largest absolute Gasteiger partial charge is 0.305 e. The monoisotopic (exact) mass is 234 g/mol. The van der Waals surface area contributed by atoms with Gasteiger partial charge in [-0.05, 0) is 43.1 Å². The van der Waals surface area contributed by atoms with Crippen LogP contribution in [0.1, 0.15) is 36.6 Å². The van der Waals surface area contributed by atoms with E-state index in [1.165, 1.54) is 48.4 Å². The van der Waals surface area contributed by atoms with Gasteiger partial charge in [-0.1, -0.05) is 6.07 Å². The molecule has 0 aromatic carbocycles. The SMILES string of the molecule is c1cnc2c(c1)CCC2NC1CCCSC1. The molecule has 0 saturated carbocycles. The van der Waals surface area contributed by atoms with E-state index in [9.17, 15) is 0 Å². The molecule has 2 nitrogen and oxygen atoms in total. The van der Waals surface area contributed by atoms with Crippen molar-refractivity contribution in [1.29, 1.82) is 0 Å². The van der Waals surface area contributed by atoms with E-state index in [2.05, 4.69) is 34.2 Å². The number of rotatable bonds is 2. The number of hydrogen-bond acceptors (Lipinski definition) is 3. The van der Waals surface area contributed by atoms with Crippen LogP contribution in [0, 0.1) is 0 Å². The molecular formula is C13H18N2S. The molecule has 1 aromatic rings. The van der Waals surface area contributed by atoms with Crippen molar-refractivity contribution in [3.8, 4) is 0 Å². The van der Waals surface area contributed by atoms with E-state index in [1.807, 2.05) is 6.20 Å². The van der Waals surface area contributed by atoms with Crippen molar-refractivity contribution >= 4 is 11.8 Å². The van der Waals surface area contributed by atoms with Gasteiger partial charge in [0.1, 0.15) is 0 Å². The van der Waals surface area contributed by atoms with Gasteiger partial charge < -0.3 is 5.32 Å². The molecule has 0 spiro atoms.